The minimum absolute atomic E-state index is 0.102. The van der Waals surface area contributed by atoms with Crippen molar-refractivity contribution in [1.29, 1.82) is 0 Å². The molecule has 2 aromatic carbocycles. The average molecular weight is 422 g/mol. The normalized spacial score (nSPS) is 22.9. The Morgan fingerprint density at radius 3 is 2.50 bits per heavy atom. The van der Waals surface area contributed by atoms with Gasteiger partial charge in [0.1, 0.15) is 16.6 Å². The molecule has 154 valence electrons. The number of hydrogen-bond acceptors (Lipinski definition) is 6. The van der Waals surface area contributed by atoms with Crippen molar-refractivity contribution in [3.63, 3.8) is 0 Å². The molecule has 2 N–H and O–H groups in total. The van der Waals surface area contributed by atoms with Gasteiger partial charge in [0.2, 0.25) is 0 Å². The fourth-order valence-electron chi connectivity index (χ4n) is 4.75. The van der Waals surface area contributed by atoms with E-state index in [-0.39, 0.29) is 17.9 Å². The van der Waals surface area contributed by atoms with E-state index in [1.165, 1.54) is 17.3 Å². The van der Waals surface area contributed by atoms with Gasteiger partial charge in [-0.2, -0.15) is 8.75 Å². The number of fused-ring (bicyclic) bond motifs is 1. The lowest BCUT2D eigenvalue weighted by atomic mass is 9.74. The number of likely N-dealkylation sites (tertiary alicyclic amines) is 1. The van der Waals surface area contributed by atoms with Crippen LogP contribution in [0.25, 0.3) is 11.0 Å². The third kappa shape index (κ3) is 3.57. The second-order valence-corrected chi connectivity index (χ2v) is 8.71. The standard InChI is InChI=1S/C22H23N5O2S/c28-20-22(24-21(29)23-20,13-15-4-2-1-3-5-15)17-8-10-27(11-9-17)14-16-6-7-18-19(12-16)26-30-25-18/h1-7,12,17H,8-11,13-14H2,(H2,23,24,28,29). The van der Waals surface area contributed by atoms with E-state index in [2.05, 4.69) is 36.4 Å². The van der Waals surface area contributed by atoms with Crippen molar-refractivity contribution in [3.05, 3.63) is 59.7 Å². The van der Waals surface area contributed by atoms with Crippen LogP contribution in [-0.4, -0.2) is 44.2 Å². The third-order valence-electron chi connectivity index (χ3n) is 6.30. The Morgan fingerprint density at radius 1 is 1.00 bits per heavy atom. The second-order valence-electron chi connectivity index (χ2n) is 8.18. The largest absolute Gasteiger partial charge is 0.323 e. The molecule has 2 saturated heterocycles. The Hall–Kier alpha value is -2.84. The highest BCUT2D eigenvalue weighted by molar-refractivity contribution is 7.00. The molecule has 5 rings (SSSR count). The van der Waals surface area contributed by atoms with Crippen LogP contribution in [0.15, 0.2) is 48.5 Å². The Morgan fingerprint density at radius 2 is 1.77 bits per heavy atom. The molecular formula is C22H23N5O2S. The van der Waals surface area contributed by atoms with E-state index >= 15 is 0 Å². The summed E-state index contributed by atoms with van der Waals surface area (Å²) in [7, 11) is 0. The van der Waals surface area contributed by atoms with Crippen LogP contribution in [0.1, 0.15) is 24.0 Å². The van der Waals surface area contributed by atoms with Crippen molar-refractivity contribution in [2.75, 3.05) is 13.1 Å². The van der Waals surface area contributed by atoms with Crippen LogP contribution in [0.2, 0.25) is 0 Å². The number of aromatic nitrogens is 2. The Kier molecular flexibility index (Phi) is 4.96. The number of carbonyl (C=O) groups excluding carboxylic acids is 2. The highest BCUT2D eigenvalue weighted by Gasteiger charge is 2.52. The van der Waals surface area contributed by atoms with E-state index in [1.807, 2.05) is 36.4 Å². The molecule has 1 aromatic heterocycles. The van der Waals surface area contributed by atoms with Crippen LogP contribution in [0, 0.1) is 5.92 Å². The summed E-state index contributed by atoms with van der Waals surface area (Å²) in [5.74, 6) is -0.0955. The molecule has 0 aliphatic carbocycles. The van der Waals surface area contributed by atoms with Crippen LogP contribution in [-0.2, 0) is 17.8 Å². The maximum Gasteiger partial charge on any atom is 0.322 e. The molecule has 2 aliphatic rings. The van der Waals surface area contributed by atoms with Crippen LogP contribution < -0.4 is 10.6 Å². The first-order valence-electron chi connectivity index (χ1n) is 10.2. The zero-order chi connectivity index (χ0) is 20.6. The van der Waals surface area contributed by atoms with Crippen LogP contribution in [0.3, 0.4) is 0 Å². The first-order valence-corrected chi connectivity index (χ1v) is 11.0. The fraction of sp³-hybridized carbons (Fsp3) is 0.364. The van der Waals surface area contributed by atoms with Crippen molar-refractivity contribution in [2.24, 2.45) is 5.92 Å². The van der Waals surface area contributed by atoms with Crippen LogP contribution in [0.5, 0.6) is 0 Å². The minimum Gasteiger partial charge on any atom is -0.323 e. The zero-order valence-corrected chi connectivity index (χ0v) is 17.3. The van der Waals surface area contributed by atoms with Crippen molar-refractivity contribution in [1.82, 2.24) is 24.3 Å². The van der Waals surface area contributed by atoms with E-state index in [1.54, 1.807) is 0 Å². The maximum atomic E-state index is 12.9. The van der Waals surface area contributed by atoms with Gasteiger partial charge in [-0.1, -0.05) is 36.4 Å². The van der Waals surface area contributed by atoms with Gasteiger partial charge >= 0.3 is 6.03 Å². The van der Waals surface area contributed by atoms with E-state index in [0.29, 0.717) is 6.42 Å². The lowest BCUT2D eigenvalue weighted by molar-refractivity contribution is -0.126. The summed E-state index contributed by atoms with van der Waals surface area (Å²) < 4.78 is 8.59. The number of hydrogen-bond donors (Lipinski definition) is 2. The lowest BCUT2D eigenvalue weighted by Crippen LogP contribution is -2.57. The van der Waals surface area contributed by atoms with E-state index < -0.39 is 5.54 Å². The SMILES string of the molecule is O=C1NC(=O)C(Cc2ccccc2)(C2CCN(Cc3ccc4nsnc4c3)CC2)N1. The number of carbonyl (C=O) groups is 2. The van der Waals surface area contributed by atoms with Crippen LogP contribution >= 0.6 is 11.7 Å². The smallest absolute Gasteiger partial charge is 0.322 e. The predicted octanol–water partition coefficient (Wildman–Crippen LogP) is 2.72. The molecular weight excluding hydrogens is 398 g/mol. The first kappa shape index (κ1) is 19.1. The van der Waals surface area contributed by atoms with Gasteiger partial charge in [-0.3, -0.25) is 15.0 Å². The Balaban J connectivity index is 1.29. The molecule has 7 nitrogen and oxygen atoms in total. The molecule has 3 heterocycles. The second kappa shape index (κ2) is 7.77. The van der Waals surface area contributed by atoms with Crippen molar-refractivity contribution in [2.45, 2.75) is 31.3 Å². The molecule has 1 atom stereocenters. The quantitative estimate of drug-likeness (QED) is 0.619. The molecule has 2 fully saturated rings. The van der Waals surface area contributed by atoms with Crippen LogP contribution in [0.4, 0.5) is 4.79 Å². The average Bonchev–Trinajstić information content (AvgIpc) is 3.33. The summed E-state index contributed by atoms with van der Waals surface area (Å²) in [5, 5.41) is 5.46. The van der Waals surface area contributed by atoms with Gasteiger partial charge in [-0.05, 0) is 55.1 Å². The van der Waals surface area contributed by atoms with Crippen molar-refractivity contribution >= 4 is 34.7 Å². The molecule has 0 radical (unpaired) electrons. The highest BCUT2D eigenvalue weighted by Crippen LogP contribution is 2.34. The van der Waals surface area contributed by atoms with Gasteiger partial charge in [0.15, 0.2) is 0 Å². The zero-order valence-electron chi connectivity index (χ0n) is 16.5. The number of urea groups is 1. The molecule has 3 aromatic rings. The summed E-state index contributed by atoms with van der Waals surface area (Å²) in [6.07, 6.45) is 2.24. The number of nitrogens with one attached hydrogen (secondary N) is 2. The number of nitrogens with zero attached hydrogens (tertiary/aromatic N) is 3. The molecule has 3 amide bonds. The Labute approximate surface area is 178 Å². The molecule has 2 aliphatic heterocycles. The minimum atomic E-state index is -0.865. The van der Waals surface area contributed by atoms with Gasteiger partial charge in [-0.15, -0.1) is 0 Å². The fourth-order valence-corrected chi connectivity index (χ4v) is 5.26. The number of benzene rings is 2. The molecule has 0 saturated carbocycles. The van der Waals surface area contributed by atoms with Gasteiger partial charge in [0, 0.05) is 13.0 Å². The van der Waals surface area contributed by atoms with E-state index in [9.17, 15) is 9.59 Å². The van der Waals surface area contributed by atoms with Crippen molar-refractivity contribution in [3.8, 4) is 0 Å². The predicted molar refractivity (Wildman–Crippen MR) is 115 cm³/mol. The lowest BCUT2D eigenvalue weighted by Gasteiger charge is -2.40. The summed E-state index contributed by atoms with van der Waals surface area (Å²) in [4.78, 5) is 27.3. The van der Waals surface area contributed by atoms with Gasteiger partial charge in [0.25, 0.3) is 5.91 Å². The summed E-state index contributed by atoms with van der Waals surface area (Å²) in [5.41, 5.74) is 3.30. The summed E-state index contributed by atoms with van der Waals surface area (Å²) in [6, 6.07) is 15.8. The van der Waals surface area contributed by atoms with Crippen molar-refractivity contribution < 1.29 is 9.59 Å². The van der Waals surface area contributed by atoms with E-state index in [0.717, 1.165) is 49.1 Å². The number of rotatable bonds is 5. The summed E-state index contributed by atoms with van der Waals surface area (Å²) >= 11 is 1.24. The Bertz CT molecular complexity index is 1080. The topological polar surface area (TPSA) is 87.2 Å². The third-order valence-corrected chi connectivity index (χ3v) is 6.86. The number of imide groups is 1. The molecule has 8 heteroatoms. The number of piperidine rings is 1. The summed E-state index contributed by atoms with van der Waals surface area (Å²) in [6.45, 7) is 2.62. The molecule has 1 unspecified atom stereocenters. The van der Waals surface area contributed by atoms with Gasteiger partial charge in [-0.25, -0.2) is 4.79 Å². The highest BCUT2D eigenvalue weighted by atomic mass is 32.1. The molecule has 0 bridgehead atoms. The molecule has 30 heavy (non-hydrogen) atoms. The van der Waals surface area contributed by atoms with Gasteiger partial charge in [0.05, 0.1) is 11.7 Å². The monoisotopic (exact) mass is 421 g/mol. The molecule has 0 spiro atoms. The first-order chi connectivity index (χ1) is 14.6. The maximum absolute atomic E-state index is 12.9. The van der Waals surface area contributed by atoms with Gasteiger partial charge < -0.3 is 5.32 Å². The number of amides is 3. The van der Waals surface area contributed by atoms with E-state index in [4.69, 9.17) is 0 Å².